The van der Waals surface area contributed by atoms with Crippen molar-refractivity contribution in [3.8, 4) is 0 Å². The summed E-state index contributed by atoms with van der Waals surface area (Å²) in [7, 11) is 0. The van der Waals surface area contributed by atoms with Crippen LogP contribution in [0.15, 0.2) is 0 Å². The van der Waals surface area contributed by atoms with Gasteiger partial charge in [0, 0.05) is 19.5 Å². The Morgan fingerprint density at radius 2 is 1.46 bits per heavy atom. The number of carbonyl (C=O) groups excluding carboxylic acids is 2. The van der Waals surface area contributed by atoms with Crippen LogP contribution in [0.5, 0.6) is 0 Å². The lowest BCUT2D eigenvalue weighted by atomic mass is 9.49. The van der Waals surface area contributed by atoms with Gasteiger partial charge in [0.15, 0.2) is 0 Å². The molecule has 0 aromatic rings. The third-order valence-corrected chi connectivity index (χ3v) is 6.79. The van der Waals surface area contributed by atoms with Gasteiger partial charge in [-0.25, -0.2) is 5.01 Å². The molecule has 5 rings (SSSR count). The van der Waals surface area contributed by atoms with Gasteiger partial charge in [0.05, 0.1) is 6.54 Å². The van der Waals surface area contributed by atoms with Crippen molar-refractivity contribution >= 4 is 11.8 Å². The van der Waals surface area contributed by atoms with Crippen molar-refractivity contribution in [1.82, 2.24) is 15.8 Å². The third kappa shape index (κ3) is 3.61. The average molecular weight is 333 g/mol. The average Bonchev–Trinajstić information content (AvgIpc) is 2.52. The highest BCUT2D eigenvalue weighted by Gasteiger charge is 2.51. The topological polar surface area (TPSA) is 61.4 Å². The number of piperidine rings is 1. The van der Waals surface area contributed by atoms with Crippen LogP contribution in [-0.4, -0.2) is 36.5 Å². The molecule has 1 heterocycles. The van der Waals surface area contributed by atoms with Gasteiger partial charge in [0.2, 0.25) is 5.91 Å². The number of rotatable bonds is 5. The standard InChI is InChI=1S/C19H31N3O2/c23-17(20-13-18(24)21-22-4-2-1-3-5-22)12-19-9-14-6-15(10-19)8-16(7-14)11-19/h14-16H,1-13H2,(H,20,23)(H,21,24). The highest BCUT2D eigenvalue weighted by molar-refractivity contribution is 5.84. The Morgan fingerprint density at radius 1 is 0.875 bits per heavy atom. The molecule has 0 aromatic heterocycles. The van der Waals surface area contributed by atoms with Crippen molar-refractivity contribution in [3.63, 3.8) is 0 Å². The van der Waals surface area contributed by atoms with Crippen molar-refractivity contribution in [1.29, 1.82) is 0 Å². The second-order valence-corrected chi connectivity index (χ2v) is 8.95. The summed E-state index contributed by atoms with van der Waals surface area (Å²) in [6.07, 6.45) is 12.1. The van der Waals surface area contributed by atoms with Gasteiger partial charge < -0.3 is 5.32 Å². The summed E-state index contributed by atoms with van der Waals surface area (Å²) < 4.78 is 0. The molecule has 0 radical (unpaired) electrons. The third-order valence-electron chi connectivity index (χ3n) is 6.79. The molecule has 5 aliphatic rings. The molecule has 2 amide bonds. The van der Waals surface area contributed by atoms with E-state index in [-0.39, 0.29) is 23.8 Å². The summed E-state index contributed by atoms with van der Waals surface area (Å²) in [6, 6.07) is 0. The van der Waals surface area contributed by atoms with Gasteiger partial charge in [0.25, 0.3) is 5.91 Å². The van der Waals surface area contributed by atoms with Gasteiger partial charge in [-0.1, -0.05) is 6.42 Å². The first-order valence-electron chi connectivity index (χ1n) is 9.91. The molecule has 2 N–H and O–H groups in total. The maximum Gasteiger partial charge on any atom is 0.253 e. The highest BCUT2D eigenvalue weighted by Crippen LogP contribution is 2.61. The fourth-order valence-corrected chi connectivity index (χ4v) is 6.31. The number of hydrogen-bond acceptors (Lipinski definition) is 3. The number of amides is 2. The Morgan fingerprint density at radius 3 is 2.04 bits per heavy atom. The summed E-state index contributed by atoms with van der Waals surface area (Å²) >= 11 is 0. The SMILES string of the molecule is O=C(CC12CC3CC(CC(C3)C1)C2)NCC(=O)NN1CCCCC1. The number of hydrogen-bond donors (Lipinski definition) is 2. The molecule has 0 aromatic carbocycles. The smallest absolute Gasteiger partial charge is 0.253 e. The van der Waals surface area contributed by atoms with Crippen LogP contribution in [0.2, 0.25) is 0 Å². The monoisotopic (exact) mass is 333 g/mol. The predicted molar refractivity (Wildman–Crippen MR) is 91.8 cm³/mol. The first-order valence-corrected chi connectivity index (χ1v) is 9.91. The van der Waals surface area contributed by atoms with Crippen LogP contribution in [0.1, 0.15) is 64.2 Å². The van der Waals surface area contributed by atoms with Crippen LogP contribution in [0.25, 0.3) is 0 Å². The summed E-state index contributed by atoms with van der Waals surface area (Å²) in [5, 5.41) is 4.85. The maximum absolute atomic E-state index is 12.4. The second kappa shape index (κ2) is 6.66. The molecular formula is C19H31N3O2. The Balaban J connectivity index is 1.23. The fraction of sp³-hybridized carbons (Fsp3) is 0.895. The summed E-state index contributed by atoms with van der Waals surface area (Å²) in [5.74, 6) is 2.59. The summed E-state index contributed by atoms with van der Waals surface area (Å²) in [5.41, 5.74) is 3.17. The molecule has 4 saturated carbocycles. The van der Waals surface area contributed by atoms with Crippen LogP contribution in [0, 0.1) is 23.2 Å². The zero-order chi connectivity index (χ0) is 16.6. The van der Waals surface area contributed by atoms with E-state index in [0.29, 0.717) is 6.42 Å². The fourth-order valence-electron chi connectivity index (χ4n) is 6.31. The van der Waals surface area contributed by atoms with Crippen molar-refractivity contribution in [2.45, 2.75) is 64.2 Å². The van der Waals surface area contributed by atoms with Gasteiger partial charge in [-0.2, -0.15) is 0 Å². The second-order valence-electron chi connectivity index (χ2n) is 8.95. The highest BCUT2D eigenvalue weighted by atomic mass is 16.2. The first-order chi connectivity index (χ1) is 11.6. The summed E-state index contributed by atoms with van der Waals surface area (Å²) in [6.45, 7) is 1.96. The van der Waals surface area contributed by atoms with Gasteiger partial charge in [-0.3, -0.25) is 15.0 Å². The molecule has 5 nitrogen and oxygen atoms in total. The molecule has 0 atom stereocenters. The van der Waals surface area contributed by atoms with Crippen molar-refractivity contribution in [3.05, 3.63) is 0 Å². The molecule has 24 heavy (non-hydrogen) atoms. The zero-order valence-corrected chi connectivity index (χ0v) is 14.7. The minimum Gasteiger partial charge on any atom is -0.347 e. The van der Waals surface area contributed by atoms with Crippen LogP contribution >= 0.6 is 0 Å². The van der Waals surface area contributed by atoms with E-state index in [1.807, 2.05) is 5.01 Å². The van der Waals surface area contributed by atoms with E-state index in [9.17, 15) is 9.59 Å². The lowest BCUT2D eigenvalue weighted by molar-refractivity contribution is -0.133. The van der Waals surface area contributed by atoms with E-state index in [2.05, 4.69) is 10.7 Å². The van der Waals surface area contributed by atoms with E-state index in [1.54, 1.807) is 0 Å². The van der Waals surface area contributed by atoms with Gasteiger partial charge >= 0.3 is 0 Å². The normalized spacial score (nSPS) is 38.1. The molecule has 1 aliphatic heterocycles. The van der Waals surface area contributed by atoms with Gasteiger partial charge in [-0.15, -0.1) is 0 Å². The molecule has 5 fully saturated rings. The molecule has 134 valence electrons. The molecule has 4 bridgehead atoms. The zero-order valence-electron chi connectivity index (χ0n) is 14.7. The van der Waals surface area contributed by atoms with Crippen molar-refractivity contribution in [2.75, 3.05) is 19.6 Å². The molecule has 0 unspecified atom stereocenters. The van der Waals surface area contributed by atoms with E-state index >= 15 is 0 Å². The number of hydrazine groups is 1. The Bertz CT molecular complexity index is 464. The number of nitrogens with one attached hydrogen (secondary N) is 2. The number of nitrogens with zero attached hydrogens (tertiary/aromatic N) is 1. The van der Waals surface area contributed by atoms with Crippen molar-refractivity contribution < 1.29 is 9.59 Å². The lowest BCUT2D eigenvalue weighted by Crippen LogP contribution is -2.50. The van der Waals surface area contributed by atoms with Crippen LogP contribution in [-0.2, 0) is 9.59 Å². The molecule has 5 heteroatoms. The van der Waals surface area contributed by atoms with Crippen molar-refractivity contribution in [2.24, 2.45) is 23.2 Å². The van der Waals surface area contributed by atoms with E-state index in [4.69, 9.17) is 0 Å². The Hall–Kier alpha value is -1.10. The van der Waals surface area contributed by atoms with Gasteiger partial charge in [0.1, 0.15) is 0 Å². The minimum absolute atomic E-state index is 0.0748. The van der Waals surface area contributed by atoms with Crippen LogP contribution in [0.3, 0.4) is 0 Å². The largest absolute Gasteiger partial charge is 0.347 e. The summed E-state index contributed by atoms with van der Waals surface area (Å²) in [4.78, 5) is 24.4. The predicted octanol–water partition coefficient (Wildman–Crippen LogP) is 2.23. The molecule has 1 saturated heterocycles. The van der Waals surface area contributed by atoms with Crippen LogP contribution in [0.4, 0.5) is 0 Å². The van der Waals surface area contributed by atoms with Gasteiger partial charge in [-0.05, 0) is 74.5 Å². The van der Waals surface area contributed by atoms with Crippen LogP contribution < -0.4 is 10.7 Å². The Labute approximate surface area is 144 Å². The quantitative estimate of drug-likeness (QED) is 0.811. The minimum atomic E-state index is -0.0873. The number of carbonyl (C=O) groups is 2. The molecule has 4 aliphatic carbocycles. The maximum atomic E-state index is 12.4. The lowest BCUT2D eigenvalue weighted by Gasteiger charge is -2.56. The van der Waals surface area contributed by atoms with E-state index in [1.165, 1.54) is 44.9 Å². The Kier molecular flexibility index (Phi) is 4.54. The molecular weight excluding hydrogens is 302 g/mol. The molecule has 0 spiro atoms. The first kappa shape index (κ1) is 16.4. The van der Waals surface area contributed by atoms with E-state index in [0.717, 1.165) is 43.7 Å². The van der Waals surface area contributed by atoms with E-state index < -0.39 is 0 Å².